The van der Waals surface area contributed by atoms with Gasteiger partial charge >= 0.3 is 11.9 Å². The molecule has 0 aliphatic rings. The molecule has 2 aromatic heterocycles. The van der Waals surface area contributed by atoms with Gasteiger partial charge in [-0.2, -0.15) is 0 Å². The Labute approximate surface area is 152 Å². The van der Waals surface area contributed by atoms with Gasteiger partial charge in [-0.1, -0.05) is 30.3 Å². The van der Waals surface area contributed by atoms with Crippen LogP contribution in [0.15, 0.2) is 35.1 Å². The van der Waals surface area contributed by atoms with Gasteiger partial charge in [-0.15, -0.1) is 11.3 Å². The van der Waals surface area contributed by atoms with Crippen molar-refractivity contribution in [1.82, 2.24) is 9.55 Å². The lowest BCUT2D eigenvalue weighted by atomic mass is 10.1. The summed E-state index contributed by atoms with van der Waals surface area (Å²) >= 11 is 0.951. The average Bonchev–Trinajstić information content (AvgIpc) is 2.95. The first-order valence-corrected chi connectivity index (χ1v) is 8.56. The highest BCUT2D eigenvalue weighted by molar-refractivity contribution is 7.20. The van der Waals surface area contributed by atoms with E-state index in [0.29, 0.717) is 21.8 Å². The molecule has 1 atom stereocenters. The average molecular weight is 372 g/mol. The third-order valence-corrected chi connectivity index (χ3v) is 5.34. The highest BCUT2D eigenvalue weighted by Gasteiger charge is 2.29. The van der Waals surface area contributed by atoms with Crippen LogP contribution in [-0.4, -0.2) is 33.7 Å². The van der Waals surface area contributed by atoms with Gasteiger partial charge < -0.3 is 9.84 Å². The summed E-state index contributed by atoms with van der Waals surface area (Å²) in [5.41, 5.74) is 0.463. The van der Waals surface area contributed by atoms with E-state index in [1.165, 1.54) is 11.7 Å². The molecule has 1 N–H and O–H groups in total. The van der Waals surface area contributed by atoms with Gasteiger partial charge in [0.2, 0.25) is 0 Å². The molecule has 1 unspecified atom stereocenters. The van der Waals surface area contributed by atoms with E-state index in [4.69, 9.17) is 4.74 Å². The minimum atomic E-state index is -1.11. The maximum absolute atomic E-state index is 13.2. The minimum Gasteiger partial charge on any atom is -0.477 e. The van der Waals surface area contributed by atoms with Crippen LogP contribution < -0.4 is 5.56 Å². The zero-order valence-corrected chi connectivity index (χ0v) is 15.2. The fourth-order valence-electron chi connectivity index (χ4n) is 2.94. The molecule has 3 aromatic rings. The molecule has 0 fully saturated rings. The topological polar surface area (TPSA) is 98.5 Å². The fraction of sp³-hybridized carbons (Fsp3) is 0.222. The van der Waals surface area contributed by atoms with E-state index in [0.717, 1.165) is 11.3 Å². The largest absolute Gasteiger partial charge is 0.477 e. The molecule has 26 heavy (non-hydrogen) atoms. The highest BCUT2D eigenvalue weighted by atomic mass is 32.1. The maximum atomic E-state index is 13.2. The first kappa shape index (κ1) is 17.8. The second kappa shape index (κ2) is 6.72. The molecular weight excluding hydrogens is 356 g/mol. The number of methoxy groups -OCH3 is 1. The Morgan fingerprint density at radius 3 is 2.46 bits per heavy atom. The van der Waals surface area contributed by atoms with E-state index in [-0.39, 0.29) is 10.3 Å². The summed E-state index contributed by atoms with van der Waals surface area (Å²) in [4.78, 5) is 41.8. The molecule has 0 radical (unpaired) electrons. The zero-order chi connectivity index (χ0) is 19.0. The summed E-state index contributed by atoms with van der Waals surface area (Å²) < 4.78 is 6.16. The van der Waals surface area contributed by atoms with Crippen molar-refractivity contribution in [2.24, 2.45) is 0 Å². The quantitative estimate of drug-likeness (QED) is 0.707. The van der Waals surface area contributed by atoms with Crippen LogP contribution in [0.2, 0.25) is 0 Å². The Bertz CT molecular complexity index is 1070. The molecule has 0 saturated carbocycles. The molecule has 8 heteroatoms. The molecule has 0 spiro atoms. The zero-order valence-electron chi connectivity index (χ0n) is 14.3. The number of aryl methyl sites for hydroxylation is 2. The van der Waals surface area contributed by atoms with Crippen LogP contribution in [-0.2, 0) is 9.53 Å². The van der Waals surface area contributed by atoms with Crippen LogP contribution in [0.5, 0.6) is 0 Å². The maximum Gasteiger partial charge on any atom is 0.346 e. The van der Waals surface area contributed by atoms with Crippen LogP contribution in [0.4, 0.5) is 0 Å². The smallest absolute Gasteiger partial charge is 0.346 e. The number of rotatable bonds is 4. The number of carboxylic acid groups (broad SMARTS) is 1. The van der Waals surface area contributed by atoms with Gasteiger partial charge in [-0.3, -0.25) is 9.36 Å². The van der Waals surface area contributed by atoms with Crippen LogP contribution in [0.1, 0.15) is 32.7 Å². The lowest BCUT2D eigenvalue weighted by Crippen LogP contribution is -2.33. The first-order chi connectivity index (χ1) is 12.4. The SMILES string of the molecule is COC(=O)C(c1ccccc1)n1c(C)nc2sc(C(=O)O)c(C)c2c1=O. The van der Waals surface area contributed by atoms with Crippen LogP contribution in [0, 0.1) is 13.8 Å². The molecule has 134 valence electrons. The van der Waals surface area contributed by atoms with Crippen molar-refractivity contribution in [1.29, 1.82) is 0 Å². The Morgan fingerprint density at radius 2 is 1.88 bits per heavy atom. The number of hydrogen-bond acceptors (Lipinski definition) is 6. The van der Waals surface area contributed by atoms with E-state index in [2.05, 4.69) is 4.98 Å². The van der Waals surface area contributed by atoms with Gasteiger partial charge in [0.1, 0.15) is 15.5 Å². The van der Waals surface area contributed by atoms with Crippen LogP contribution in [0.3, 0.4) is 0 Å². The van der Waals surface area contributed by atoms with Gasteiger partial charge in [0.25, 0.3) is 5.56 Å². The number of aromatic nitrogens is 2. The number of carbonyl (C=O) groups is 2. The number of ether oxygens (including phenoxy) is 1. The normalized spacial score (nSPS) is 12.1. The lowest BCUT2D eigenvalue weighted by Gasteiger charge is -2.20. The number of carbonyl (C=O) groups excluding carboxylic acids is 1. The number of aromatic carboxylic acids is 1. The fourth-order valence-corrected chi connectivity index (χ4v) is 4.00. The van der Waals surface area contributed by atoms with Crippen LogP contribution >= 0.6 is 11.3 Å². The first-order valence-electron chi connectivity index (χ1n) is 7.75. The summed E-state index contributed by atoms with van der Waals surface area (Å²) in [7, 11) is 1.25. The highest BCUT2D eigenvalue weighted by Crippen LogP contribution is 2.29. The summed E-state index contributed by atoms with van der Waals surface area (Å²) in [6.07, 6.45) is 0. The van der Waals surface area contributed by atoms with Gasteiger partial charge in [-0.25, -0.2) is 14.6 Å². The van der Waals surface area contributed by atoms with Crippen molar-refractivity contribution in [2.75, 3.05) is 7.11 Å². The summed E-state index contributed by atoms with van der Waals surface area (Å²) in [6.45, 7) is 3.18. The molecule has 0 saturated heterocycles. The summed E-state index contributed by atoms with van der Waals surface area (Å²) in [5, 5.41) is 9.52. The second-order valence-corrected chi connectivity index (χ2v) is 6.71. The monoisotopic (exact) mass is 372 g/mol. The van der Waals surface area contributed by atoms with Crippen molar-refractivity contribution in [3.63, 3.8) is 0 Å². The van der Waals surface area contributed by atoms with E-state index in [9.17, 15) is 19.5 Å². The van der Waals surface area contributed by atoms with Crippen molar-refractivity contribution in [2.45, 2.75) is 19.9 Å². The predicted molar refractivity (Wildman–Crippen MR) is 96.9 cm³/mol. The molecule has 2 heterocycles. The second-order valence-electron chi connectivity index (χ2n) is 5.71. The molecule has 7 nitrogen and oxygen atoms in total. The Hall–Kier alpha value is -3.00. The summed E-state index contributed by atoms with van der Waals surface area (Å²) in [6, 6.07) is 7.77. The van der Waals surface area contributed by atoms with Crippen molar-refractivity contribution < 1.29 is 19.4 Å². The number of esters is 1. The van der Waals surface area contributed by atoms with Gasteiger partial charge in [-0.05, 0) is 25.0 Å². The number of nitrogens with zero attached hydrogens (tertiary/aromatic N) is 2. The number of carboxylic acids is 1. The van der Waals surface area contributed by atoms with E-state index >= 15 is 0 Å². The Morgan fingerprint density at radius 1 is 1.23 bits per heavy atom. The minimum absolute atomic E-state index is 0.0658. The molecule has 0 aliphatic heterocycles. The Balaban J connectivity index is 2.35. The molecular formula is C18H16N2O5S. The molecule has 0 aliphatic carbocycles. The Kier molecular flexibility index (Phi) is 4.60. The molecule has 1 aromatic carbocycles. The van der Waals surface area contributed by atoms with E-state index in [1.54, 1.807) is 44.2 Å². The molecule has 3 rings (SSSR count). The standard InChI is InChI=1S/C18H16N2O5S/c1-9-12-15(26-14(9)17(22)23)19-10(2)20(16(12)21)13(18(24)25-3)11-7-5-4-6-8-11/h4-8,13H,1-3H3,(H,22,23). The summed E-state index contributed by atoms with van der Waals surface area (Å²) in [5.74, 6) is -1.41. The third kappa shape index (κ3) is 2.78. The van der Waals surface area contributed by atoms with Crippen molar-refractivity contribution in [3.8, 4) is 0 Å². The molecule has 0 amide bonds. The van der Waals surface area contributed by atoms with Crippen LogP contribution in [0.25, 0.3) is 10.2 Å². The number of fused-ring (bicyclic) bond motifs is 1. The van der Waals surface area contributed by atoms with Gasteiger partial charge in [0.15, 0.2) is 6.04 Å². The van der Waals surface area contributed by atoms with E-state index < -0.39 is 23.5 Å². The van der Waals surface area contributed by atoms with E-state index in [1.807, 2.05) is 0 Å². The van der Waals surface area contributed by atoms with Crippen molar-refractivity contribution >= 4 is 33.5 Å². The van der Waals surface area contributed by atoms with Crippen molar-refractivity contribution in [3.05, 3.63) is 62.5 Å². The lowest BCUT2D eigenvalue weighted by molar-refractivity contribution is -0.143. The molecule has 0 bridgehead atoms. The predicted octanol–water partition coefficient (Wildman–Crippen LogP) is 2.54. The van der Waals surface area contributed by atoms with Gasteiger partial charge in [0, 0.05) is 0 Å². The number of thiophene rings is 1. The van der Waals surface area contributed by atoms with Gasteiger partial charge in [0.05, 0.1) is 12.5 Å². The number of hydrogen-bond donors (Lipinski definition) is 1. The third-order valence-electron chi connectivity index (χ3n) is 4.17. The number of benzene rings is 1.